The van der Waals surface area contributed by atoms with Gasteiger partial charge in [0.05, 0.1) is 17.9 Å². The van der Waals surface area contributed by atoms with Crippen LogP contribution in [-0.4, -0.2) is 13.2 Å². The van der Waals surface area contributed by atoms with Crippen LogP contribution in [0.25, 0.3) is 0 Å². The fourth-order valence-corrected chi connectivity index (χ4v) is 2.53. The second kappa shape index (κ2) is 5.94. The third-order valence-electron chi connectivity index (χ3n) is 3.68. The number of alkyl halides is 3. The van der Waals surface area contributed by atoms with Crippen molar-refractivity contribution in [2.75, 3.05) is 18.5 Å². The van der Waals surface area contributed by atoms with Crippen molar-refractivity contribution in [1.82, 2.24) is 0 Å². The molecule has 2 rings (SSSR count). The van der Waals surface area contributed by atoms with Gasteiger partial charge in [-0.2, -0.15) is 13.2 Å². The first-order valence-electron chi connectivity index (χ1n) is 7.07. The molecule has 1 N–H and O–H groups in total. The summed E-state index contributed by atoms with van der Waals surface area (Å²) in [5.41, 5.74) is 0.337. The lowest BCUT2D eigenvalue weighted by Crippen LogP contribution is -2.26. The molecule has 0 bridgehead atoms. The number of halogens is 3. The van der Waals surface area contributed by atoms with E-state index in [4.69, 9.17) is 4.74 Å². The highest BCUT2D eigenvalue weighted by atomic mass is 19.4. The molecular formula is C15H20F3NO. The maximum Gasteiger partial charge on any atom is 0.416 e. The first-order valence-corrected chi connectivity index (χ1v) is 7.07. The third-order valence-corrected chi connectivity index (χ3v) is 3.68. The molecule has 1 aliphatic rings. The Bertz CT molecular complexity index is 471. The summed E-state index contributed by atoms with van der Waals surface area (Å²) in [6.45, 7) is 5.18. The molecule has 20 heavy (non-hydrogen) atoms. The minimum atomic E-state index is -4.31. The van der Waals surface area contributed by atoms with E-state index in [-0.39, 0.29) is 5.92 Å². The zero-order valence-electron chi connectivity index (χ0n) is 11.8. The smallest absolute Gasteiger partial charge is 0.416 e. The van der Waals surface area contributed by atoms with Crippen molar-refractivity contribution in [1.29, 1.82) is 0 Å². The Morgan fingerprint density at radius 3 is 2.65 bits per heavy atom. The Morgan fingerprint density at radius 2 is 2.05 bits per heavy atom. The minimum Gasteiger partial charge on any atom is -0.491 e. The van der Waals surface area contributed by atoms with E-state index < -0.39 is 11.7 Å². The highest BCUT2D eigenvalue weighted by Gasteiger charge is 2.37. The van der Waals surface area contributed by atoms with Gasteiger partial charge in [-0.3, -0.25) is 0 Å². The van der Waals surface area contributed by atoms with Gasteiger partial charge in [-0.05, 0) is 36.5 Å². The van der Waals surface area contributed by atoms with Crippen LogP contribution in [0.2, 0.25) is 0 Å². The Labute approximate surface area is 117 Å². The predicted octanol–water partition coefficient (Wildman–Crippen LogP) is 4.49. The van der Waals surface area contributed by atoms with Gasteiger partial charge in [0.25, 0.3) is 0 Å². The normalized spacial score (nSPS) is 18.4. The van der Waals surface area contributed by atoms with Crippen LogP contribution >= 0.6 is 0 Å². The summed E-state index contributed by atoms with van der Waals surface area (Å²) >= 11 is 0. The molecule has 0 saturated carbocycles. The second-order valence-corrected chi connectivity index (χ2v) is 5.17. The molecule has 0 aliphatic carbocycles. The molecular weight excluding hydrogens is 267 g/mol. The molecule has 0 saturated heterocycles. The van der Waals surface area contributed by atoms with Crippen molar-refractivity contribution in [2.24, 2.45) is 5.92 Å². The fourth-order valence-electron chi connectivity index (χ4n) is 2.53. The van der Waals surface area contributed by atoms with E-state index in [9.17, 15) is 13.2 Å². The quantitative estimate of drug-likeness (QED) is 0.881. The molecule has 112 valence electrons. The molecule has 1 atom stereocenters. The lowest BCUT2D eigenvalue weighted by molar-refractivity contribution is -0.138. The summed E-state index contributed by atoms with van der Waals surface area (Å²) in [5, 5.41) is 3.13. The van der Waals surface area contributed by atoms with Gasteiger partial charge in [0.15, 0.2) is 0 Å². The zero-order valence-corrected chi connectivity index (χ0v) is 11.8. The number of fused-ring (bicyclic) bond motifs is 1. The van der Waals surface area contributed by atoms with Crippen LogP contribution in [0.4, 0.5) is 18.9 Å². The van der Waals surface area contributed by atoms with Gasteiger partial charge in [0.1, 0.15) is 5.75 Å². The van der Waals surface area contributed by atoms with Crippen molar-refractivity contribution in [2.45, 2.75) is 39.3 Å². The minimum absolute atomic E-state index is 0.241. The summed E-state index contributed by atoms with van der Waals surface area (Å²) < 4.78 is 44.9. The van der Waals surface area contributed by atoms with Crippen LogP contribution in [0.3, 0.4) is 0 Å². The van der Waals surface area contributed by atoms with E-state index >= 15 is 0 Å². The third kappa shape index (κ3) is 3.02. The first-order chi connectivity index (χ1) is 9.47. The topological polar surface area (TPSA) is 21.3 Å². The Kier molecular flexibility index (Phi) is 4.45. The van der Waals surface area contributed by atoms with Gasteiger partial charge in [0, 0.05) is 6.54 Å². The molecule has 1 unspecified atom stereocenters. The van der Waals surface area contributed by atoms with Crippen molar-refractivity contribution < 1.29 is 17.9 Å². The van der Waals surface area contributed by atoms with Gasteiger partial charge in [-0.25, -0.2) is 0 Å². The van der Waals surface area contributed by atoms with Crippen molar-refractivity contribution in [3.63, 3.8) is 0 Å². The molecule has 0 radical (unpaired) electrons. The average molecular weight is 287 g/mol. The fraction of sp³-hybridized carbons (Fsp3) is 0.600. The molecule has 2 nitrogen and oxygen atoms in total. The largest absolute Gasteiger partial charge is 0.491 e. The van der Waals surface area contributed by atoms with Gasteiger partial charge in [-0.15, -0.1) is 0 Å². The molecule has 0 spiro atoms. The summed E-state index contributed by atoms with van der Waals surface area (Å²) in [7, 11) is 0. The van der Waals surface area contributed by atoms with E-state index in [1.165, 1.54) is 6.07 Å². The van der Waals surface area contributed by atoms with Crippen LogP contribution in [0.15, 0.2) is 12.1 Å². The van der Waals surface area contributed by atoms with Crippen molar-refractivity contribution in [3.05, 3.63) is 23.3 Å². The molecule has 0 amide bonds. The number of anilines is 1. The first kappa shape index (κ1) is 15.0. The second-order valence-electron chi connectivity index (χ2n) is 5.17. The van der Waals surface area contributed by atoms with Crippen molar-refractivity contribution >= 4 is 5.69 Å². The lowest BCUT2D eigenvalue weighted by Gasteiger charge is -2.29. The molecule has 0 aromatic heterocycles. The van der Waals surface area contributed by atoms with Crippen LogP contribution in [0.5, 0.6) is 5.75 Å². The Hall–Kier alpha value is -1.39. The molecule has 1 aromatic carbocycles. The van der Waals surface area contributed by atoms with Gasteiger partial charge in [0.2, 0.25) is 0 Å². The van der Waals surface area contributed by atoms with E-state index in [0.29, 0.717) is 36.6 Å². The standard InChI is InChI=1S/C15H20F3NO/c1-3-7-20-13-6-5-12(15(16,17)18)11-8-10(4-2)9-19-14(11)13/h5-6,10,19H,3-4,7-9H2,1-2H3. The van der Waals surface area contributed by atoms with Crippen LogP contribution < -0.4 is 10.1 Å². The van der Waals surface area contributed by atoms with Gasteiger partial charge >= 0.3 is 6.18 Å². The molecule has 1 heterocycles. The predicted molar refractivity (Wildman–Crippen MR) is 73.2 cm³/mol. The Morgan fingerprint density at radius 1 is 1.30 bits per heavy atom. The average Bonchev–Trinajstić information content (AvgIpc) is 2.42. The number of benzene rings is 1. The molecule has 1 aromatic rings. The van der Waals surface area contributed by atoms with E-state index in [0.717, 1.165) is 18.9 Å². The zero-order chi connectivity index (χ0) is 14.8. The number of rotatable bonds is 4. The Balaban J connectivity index is 2.43. The van der Waals surface area contributed by atoms with Gasteiger partial charge < -0.3 is 10.1 Å². The SMILES string of the molecule is CCCOc1ccc(C(F)(F)F)c2c1NCC(CC)C2. The molecule has 1 aliphatic heterocycles. The summed E-state index contributed by atoms with van der Waals surface area (Å²) in [6, 6.07) is 2.57. The number of nitrogens with one attached hydrogen (secondary N) is 1. The maximum atomic E-state index is 13.1. The lowest BCUT2D eigenvalue weighted by atomic mass is 9.88. The highest BCUT2D eigenvalue weighted by molar-refractivity contribution is 5.66. The van der Waals surface area contributed by atoms with Crippen LogP contribution in [0, 0.1) is 5.92 Å². The van der Waals surface area contributed by atoms with E-state index in [2.05, 4.69) is 5.32 Å². The van der Waals surface area contributed by atoms with Crippen LogP contribution in [-0.2, 0) is 12.6 Å². The number of hydrogen-bond acceptors (Lipinski definition) is 2. The van der Waals surface area contributed by atoms with E-state index in [1.807, 2.05) is 13.8 Å². The molecule has 0 fully saturated rings. The highest BCUT2D eigenvalue weighted by Crippen LogP contribution is 2.42. The summed E-state index contributed by atoms with van der Waals surface area (Å²) in [6.07, 6.45) is -2.17. The number of hydrogen-bond donors (Lipinski definition) is 1. The van der Waals surface area contributed by atoms with Crippen molar-refractivity contribution in [3.8, 4) is 5.75 Å². The number of ether oxygens (including phenoxy) is 1. The molecule has 5 heteroatoms. The van der Waals surface area contributed by atoms with Gasteiger partial charge in [-0.1, -0.05) is 20.3 Å². The van der Waals surface area contributed by atoms with Crippen LogP contribution in [0.1, 0.15) is 37.8 Å². The summed E-state index contributed by atoms with van der Waals surface area (Å²) in [4.78, 5) is 0. The van der Waals surface area contributed by atoms with E-state index in [1.54, 1.807) is 0 Å². The maximum absolute atomic E-state index is 13.1. The monoisotopic (exact) mass is 287 g/mol. The summed E-state index contributed by atoms with van der Waals surface area (Å²) in [5.74, 6) is 0.773.